The van der Waals surface area contributed by atoms with Crippen LogP contribution in [-0.4, -0.2) is 6.71 Å². The molecule has 0 saturated heterocycles. The molecule has 0 heterocycles. The highest BCUT2D eigenvalue weighted by Crippen LogP contribution is 2.30. The lowest BCUT2D eigenvalue weighted by atomic mass is 9.37. The Bertz CT molecular complexity index is 262. The Morgan fingerprint density at radius 2 is 1.64 bits per heavy atom. The highest BCUT2D eigenvalue weighted by molar-refractivity contribution is 6.73. The topological polar surface area (TPSA) is 0 Å². The second-order valence-corrected chi connectivity index (χ2v) is 4.60. The van der Waals surface area contributed by atoms with E-state index in [-0.39, 0.29) is 0 Å². The predicted molar refractivity (Wildman–Crippen MR) is 64.5 cm³/mol. The van der Waals surface area contributed by atoms with E-state index >= 15 is 0 Å². The summed E-state index contributed by atoms with van der Waals surface area (Å²) in [6.45, 7) is 3.15. The van der Waals surface area contributed by atoms with Crippen molar-refractivity contribution in [1.82, 2.24) is 0 Å². The van der Waals surface area contributed by atoms with Crippen molar-refractivity contribution in [2.75, 3.05) is 0 Å². The second kappa shape index (κ2) is 4.68. The maximum absolute atomic E-state index is 2.39. The lowest BCUT2D eigenvalue weighted by molar-refractivity contribution is 0.498. The van der Waals surface area contributed by atoms with E-state index in [9.17, 15) is 0 Å². The number of rotatable bonds is 2. The standard InChI is InChI=1S/C13H19B/c1-14(12-8-4-2-5-9-12)13-10-6-3-7-11-13/h2,4-5,8-9,13H,3,6-7,10-11H2,1H3. The Morgan fingerprint density at radius 3 is 2.29 bits per heavy atom. The van der Waals surface area contributed by atoms with Gasteiger partial charge in [-0.15, -0.1) is 0 Å². The molecule has 0 spiro atoms. The van der Waals surface area contributed by atoms with Crippen LogP contribution in [0.4, 0.5) is 0 Å². The predicted octanol–water partition coefficient (Wildman–Crippen LogP) is 3.35. The molecule has 0 N–H and O–H groups in total. The Kier molecular flexibility index (Phi) is 3.28. The molecule has 0 bridgehead atoms. The molecule has 1 aromatic carbocycles. The van der Waals surface area contributed by atoms with Crippen molar-refractivity contribution in [3.05, 3.63) is 30.3 Å². The first-order valence-corrected chi connectivity index (χ1v) is 5.93. The number of hydrogen-bond donors (Lipinski definition) is 0. The van der Waals surface area contributed by atoms with E-state index in [1.807, 2.05) is 0 Å². The molecule has 14 heavy (non-hydrogen) atoms. The van der Waals surface area contributed by atoms with Crippen molar-refractivity contribution in [3.8, 4) is 0 Å². The summed E-state index contributed by atoms with van der Waals surface area (Å²) in [7, 11) is 0. The summed E-state index contributed by atoms with van der Waals surface area (Å²) in [6, 6.07) is 11.0. The number of hydrogen-bond acceptors (Lipinski definition) is 0. The van der Waals surface area contributed by atoms with Gasteiger partial charge in [0.1, 0.15) is 0 Å². The van der Waals surface area contributed by atoms with Crippen LogP contribution in [-0.2, 0) is 0 Å². The first kappa shape index (κ1) is 9.83. The molecule has 1 aliphatic carbocycles. The van der Waals surface area contributed by atoms with Gasteiger partial charge in [0, 0.05) is 0 Å². The molecule has 1 heteroatoms. The zero-order valence-electron chi connectivity index (χ0n) is 9.08. The van der Waals surface area contributed by atoms with Crippen LogP contribution in [0.3, 0.4) is 0 Å². The normalized spacial score (nSPS) is 18.1. The fourth-order valence-corrected chi connectivity index (χ4v) is 2.66. The average Bonchev–Trinajstić information content (AvgIpc) is 2.30. The quantitative estimate of drug-likeness (QED) is 0.621. The lowest BCUT2D eigenvalue weighted by Crippen LogP contribution is -2.32. The van der Waals surface area contributed by atoms with Crippen LogP contribution in [0.5, 0.6) is 0 Å². The molecule has 0 aromatic heterocycles. The Morgan fingerprint density at radius 1 is 1.00 bits per heavy atom. The maximum Gasteiger partial charge on any atom is 0.175 e. The lowest BCUT2D eigenvalue weighted by Gasteiger charge is -2.25. The van der Waals surface area contributed by atoms with Crippen molar-refractivity contribution in [2.45, 2.75) is 44.7 Å². The molecule has 0 unspecified atom stereocenters. The van der Waals surface area contributed by atoms with Crippen molar-refractivity contribution >= 4 is 12.2 Å². The Hall–Kier alpha value is -0.715. The smallest absolute Gasteiger partial charge is 0.0815 e. The van der Waals surface area contributed by atoms with Gasteiger partial charge in [0.25, 0.3) is 0 Å². The first-order valence-electron chi connectivity index (χ1n) is 5.93. The van der Waals surface area contributed by atoms with Crippen LogP contribution in [0.15, 0.2) is 30.3 Å². The van der Waals surface area contributed by atoms with Gasteiger partial charge in [-0.2, -0.15) is 0 Å². The van der Waals surface area contributed by atoms with E-state index in [1.165, 1.54) is 37.6 Å². The molecule has 1 fully saturated rings. The summed E-state index contributed by atoms with van der Waals surface area (Å²) in [6.07, 6.45) is 7.23. The Labute approximate surface area is 87.8 Å². The van der Waals surface area contributed by atoms with Crippen molar-refractivity contribution < 1.29 is 0 Å². The molecule has 0 nitrogen and oxygen atoms in total. The second-order valence-electron chi connectivity index (χ2n) is 4.60. The summed E-state index contributed by atoms with van der Waals surface area (Å²) >= 11 is 0. The molecule has 0 aliphatic heterocycles. The van der Waals surface area contributed by atoms with Gasteiger partial charge in [-0.25, -0.2) is 0 Å². The summed E-state index contributed by atoms with van der Waals surface area (Å²) < 4.78 is 0. The first-order chi connectivity index (χ1) is 6.88. The molecule has 74 valence electrons. The van der Waals surface area contributed by atoms with E-state index in [4.69, 9.17) is 0 Å². The molecule has 2 rings (SSSR count). The van der Waals surface area contributed by atoms with E-state index < -0.39 is 0 Å². The SMILES string of the molecule is CB(c1ccccc1)C1CCCCC1. The third-order valence-electron chi connectivity index (χ3n) is 3.68. The summed E-state index contributed by atoms with van der Waals surface area (Å²) in [5.41, 5.74) is 1.53. The van der Waals surface area contributed by atoms with Gasteiger partial charge >= 0.3 is 0 Å². The van der Waals surface area contributed by atoms with Gasteiger partial charge in [0.05, 0.1) is 0 Å². The zero-order chi connectivity index (χ0) is 9.80. The van der Waals surface area contributed by atoms with Crippen LogP contribution < -0.4 is 5.46 Å². The van der Waals surface area contributed by atoms with Crippen molar-refractivity contribution in [1.29, 1.82) is 0 Å². The minimum absolute atomic E-state index is 0.761. The molecule has 0 atom stereocenters. The van der Waals surface area contributed by atoms with Gasteiger partial charge in [-0.1, -0.05) is 80.5 Å². The van der Waals surface area contributed by atoms with Gasteiger partial charge in [0.15, 0.2) is 6.71 Å². The van der Waals surface area contributed by atoms with Crippen LogP contribution in [0.1, 0.15) is 32.1 Å². The van der Waals surface area contributed by atoms with E-state index in [2.05, 4.69) is 37.2 Å². The fraction of sp³-hybridized carbons (Fsp3) is 0.538. The minimum atomic E-state index is 0.761. The van der Waals surface area contributed by atoms with Gasteiger partial charge in [-0.3, -0.25) is 0 Å². The molecular formula is C13H19B. The van der Waals surface area contributed by atoms with Gasteiger partial charge < -0.3 is 0 Å². The minimum Gasteiger partial charge on any atom is -0.0815 e. The molecule has 1 aromatic rings. The monoisotopic (exact) mass is 186 g/mol. The van der Waals surface area contributed by atoms with E-state index in [1.54, 1.807) is 0 Å². The van der Waals surface area contributed by atoms with E-state index in [0.717, 1.165) is 12.5 Å². The summed E-state index contributed by atoms with van der Waals surface area (Å²) in [5, 5.41) is 0. The van der Waals surface area contributed by atoms with Crippen LogP contribution in [0.2, 0.25) is 12.6 Å². The average molecular weight is 186 g/mol. The van der Waals surface area contributed by atoms with Gasteiger partial charge in [0.2, 0.25) is 0 Å². The summed E-state index contributed by atoms with van der Waals surface area (Å²) in [4.78, 5) is 0. The third-order valence-corrected chi connectivity index (χ3v) is 3.68. The third kappa shape index (κ3) is 2.20. The molecule has 1 saturated carbocycles. The Balaban J connectivity index is 2.03. The van der Waals surface area contributed by atoms with Gasteiger partial charge in [-0.05, 0) is 0 Å². The highest BCUT2D eigenvalue weighted by atomic mass is 14.1. The summed E-state index contributed by atoms with van der Waals surface area (Å²) in [5.74, 6) is 0.936. The van der Waals surface area contributed by atoms with E-state index in [0.29, 0.717) is 0 Å². The molecule has 0 radical (unpaired) electrons. The van der Waals surface area contributed by atoms with Crippen LogP contribution >= 0.6 is 0 Å². The highest BCUT2D eigenvalue weighted by Gasteiger charge is 2.23. The van der Waals surface area contributed by atoms with Crippen LogP contribution in [0, 0.1) is 0 Å². The molecule has 0 amide bonds. The largest absolute Gasteiger partial charge is 0.175 e. The number of benzene rings is 1. The molecular weight excluding hydrogens is 167 g/mol. The maximum atomic E-state index is 2.39. The van der Waals surface area contributed by atoms with Crippen molar-refractivity contribution in [2.24, 2.45) is 0 Å². The van der Waals surface area contributed by atoms with Crippen molar-refractivity contribution in [3.63, 3.8) is 0 Å². The zero-order valence-corrected chi connectivity index (χ0v) is 9.08. The molecule has 1 aliphatic rings. The van der Waals surface area contributed by atoms with Crippen LogP contribution in [0.25, 0.3) is 0 Å². The fourth-order valence-electron chi connectivity index (χ4n) is 2.66.